The molecule has 5 heteroatoms. The monoisotopic (exact) mass is 269 g/mol. The Morgan fingerprint density at radius 2 is 2.11 bits per heavy atom. The van der Waals surface area contributed by atoms with Crippen LogP contribution < -0.4 is 0 Å². The van der Waals surface area contributed by atoms with Crippen LogP contribution in [0.2, 0.25) is 5.02 Å². The minimum absolute atomic E-state index is 0.146. The maximum atomic E-state index is 10.5. The number of epoxide rings is 1. The fourth-order valence-corrected chi connectivity index (χ4v) is 2.12. The van der Waals surface area contributed by atoms with Crippen molar-refractivity contribution >= 4 is 17.6 Å². The van der Waals surface area contributed by atoms with Crippen LogP contribution in [0, 0.1) is 0 Å². The number of hydrogen-bond acceptors (Lipinski definition) is 3. The lowest BCUT2D eigenvalue weighted by Crippen LogP contribution is -2.31. The van der Waals surface area contributed by atoms with Gasteiger partial charge in [-0.1, -0.05) is 23.7 Å². The summed E-state index contributed by atoms with van der Waals surface area (Å²) in [5, 5.41) is 9.35. The zero-order valence-electron chi connectivity index (χ0n) is 10.2. The molecule has 0 spiro atoms. The molecule has 1 aromatic carbocycles. The molecule has 18 heavy (non-hydrogen) atoms. The highest BCUT2D eigenvalue weighted by Crippen LogP contribution is 2.39. The van der Waals surface area contributed by atoms with Crippen molar-refractivity contribution in [2.75, 3.05) is 26.7 Å². The Labute approximate surface area is 111 Å². The summed E-state index contributed by atoms with van der Waals surface area (Å²) in [5.41, 5.74) is 0.812. The summed E-state index contributed by atoms with van der Waals surface area (Å²) in [6.45, 7) is 1.89. The highest BCUT2D eigenvalue weighted by atomic mass is 35.5. The van der Waals surface area contributed by atoms with E-state index in [1.165, 1.54) is 0 Å². The fraction of sp³-hybridized carbons (Fsp3) is 0.462. The summed E-state index contributed by atoms with van der Waals surface area (Å²) in [5.74, 6) is -0.779. The molecular formula is C13H16ClNO3. The number of nitrogens with zero attached hydrogens (tertiary/aromatic N) is 1. The second-order valence-corrected chi connectivity index (χ2v) is 5.11. The van der Waals surface area contributed by atoms with Crippen molar-refractivity contribution in [3.05, 3.63) is 34.9 Å². The molecule has 1 heterocycles. The van der Waals surface area contributed by atoms with Gasteiger partial charge in [0.1, 0.15) is 5.60 Å². The quantitative estimate of drug-likeness (QED) is 0.803. The Balaban J connectivity index is 1.95. The van der Waals surface area contributed by atoms with Crippen LogP contribution in [0.15, 0.2) is 24.3 Å². The summed E-state index contributed by atoms with van der Waals surface area (Å²) < 4.78 is 5.57. The predicted octanol–water partition coefficient (Wildman–Crippen LogP) is 1.97. The summed E-state index contributed by atoms with van der Waals surface area (Å²) in [4.78, 5) is 12.5. The lowest BCUT2D eigenvalue weighted by atomic mass is 9.99. The molecule has 98 valence electrons. The van der Waals surface area contributed by atoms with Gasteiger partial charge in [-0.05, 0) is 24.7 Å². The third-order valence-electron chi connectivity index (χ3n) is 3.10. The minimum atomic E-state index is -0.779. The van der Waals surface area contributed by atoms with E-state index in [9.17, 15) is 4.79 Å². The van der Waals surface area contributed by atoms with E-state index in [-0.39, 0.29) is 12.0 Å². The first-order valence-electron chi connectivity index (χ1n) is 5.82. The van der Waals surface area contributed by atoms with Crippen molar-refractivity contribution in [3.63, 3.8) is 0 Å². The molecule has 1 aromatic rings. The minimum Gasteiger partial charge on any atom is -0.481 e. The number of halogens is 1. The van der Waals surface area contributed by atoms with Gasteiger partial charge in [-0.25, -0.2) is 0 Å². The Hall–Kier alpha value is -1.10. The van der Waals surface area contributed by atoms with Crippen molar-refractivity contribution in [1.82, 2.24) is 4.90 Å². The van der Waals surface area contributed by atoms with Gasteiger partial charge in [0, 0.05) is 18.1 Å². The van der Waals surface area contributed by atoms with Crippen molar-refractivity contribution in [3.8, 4) is 0 Å². The van der Waals surface area contributed by atoms with Gasteiger partial charge in [0.15, 0.2) is 0 Å². The van der Waals surface area contributed by atoms with E-state index in [1.54, 1.807) is 0 Å². The van der Waals surface area contributed by atoms with Crippen LogP contribution in [0.1, 0.15) is 12.0 Å². The SMILES string of the molecule is CN(CCC(=O)O)CC1(c2ccc(Cl)cc2)CO1. The lowest BCUT2D eigenvalue weighted by molar-refractivity contribution is -0.137. The number of ether oxygens (including phenoxy) is 1. The number of carbonyl (C=O) groups is 1. The van der Waals surface area contributed by atoms with Gasteiger partial charge in [-0.15, -0.1) is 0 Å². The van der Waals surface area contributed by atoms with Crippen LogP contribution in [0.3, 0.4) is 0 Å². The number of hydrogen-bond donors (Lipinski definition) is 1. The zero-order valence-corrected chi connectivity index (χ0v) is 11.0. The van der Waals surface area contributed by atoms with Crippen LogP contribution in [-0.2, 0) is 15.1 Å². The maximum Gasteiger partial charge on any atom is 0.304 e. The normalized spacial score (nSPS) is 22.2. The molecule has 0 amide bonds. The van der Waals surface area contributed by atoms with Crippen molar-refractivity contribution in [1.29, 1.82) is 0 Å². The Morgan fingerprint density at radius 1 is 1.50 bits per heavy atom. The molecular weight excluding hydrogens is 254 g/mol. The largest absolute Gasteiger partial charge is 0.481 e. The summed E-state index contributed by atoms with van der Waals surface area (Å²) in [6.07, 6.45) is 0.146. The topological polar surface area (TPSA) is 53.1 Å². The molecule has 1 N–H and O–H groups in total. The van der Waals surface area contributed by atoms with Gasteiger partial charge in [0.25, 0.3) is 0 Å². The first kappa shape index (κ1) is 13.3. The van der Waals surface area contributed by atoms with Crippen molar-refractivity contribution in [2.45, 2.75) is 12.0 Å². The first-order chi connectivity index (χ1) is 8.52. The summed E-state index contributed by atoms with van der Waals surface area (Å²) in [7, 11) is 1.91. The number of rotatable bonds is 6. The molecule has 1 fully saturated rings. The Kier molecular flexibility index (Phi) is 3.90. The van der Waals surface area contributed by atoms with E-state index in [0.717, 1.165) is 5.56 Å². The highest BCUT2D eigenvalue weighted by Gasteiger charge is 2.47. The number of benzene rings is 1. The average Bonchev–Trinajstić information content (AvgIpc) is 3.08. The first-order valence-corrected chi connectivity index (χ1v) is 6.20. The van der Waals surface area contributed by atoms with Gasteiger partial charge < -0.3 is 14.7 Å². The number of likely N-dealkylation sites (N-methyl/N-ethyl adjacent to an activating group) is 1. The van der Waals surface area contributed by atoms with Crippen LogP contribution >= 0.6 is 11.6 Å². The third kappa shape index (κ3) is 3.22. The predicted molar refractivity (Wildman–Crippen MR) is 68.8 cm³/mol. The smallest absolute Gasteiger partial charge is 0.304 e. The maximum absolute atomic E-state index is 10.5. The Bertz CT molecular complexity index is 428. The molecule has 4 nitrogen and oxygen atoms in total. The van der Waals surface area contributed by atoms with Crippen LogP contribution in [0.25, 0.3) is 0 Å². The molecule has 1 atom stereocenters. The second-order valence-electron chi connectivity index (χ2n) is 4.67. The zero-order chi connectivity index (χ0) is 13.2. The Morgan fingerprint density at radius 3 is 2.61 bits per heavy atom. The molecule has 1 aliphatic heterocycles. The van der Waals surface area contributed by atoms with E-state index in [1.807, 2.05) is 36.2 Å². The summed E-state index contributed by atoms with van der Waals surface area (Å²) in [6, 6.07) is 7.61. The third-order valence-corrected chi connectivity index (χ3v) is 3.35. The van der Waals surface area contributed by atoms with Crippen LogP contribution in [0.5, 0.6) is 0 Å². The van der Waals surface area contributed by atoms with E-state index in [4.69, 9.17) is 21.4 Å². The van der Waals surface area contributed by atoms with Gasteiger partial charge in [0.05, 0.1) is 13.0 Å². The molecule has 0 aromatic heterocycles. The van der Waals surface area contributed by atoms with Crippen molar-refractivity contribution in [2.24, 2.45) is 0 Å². The van der Waals surface area contributed by atoms with Crippen LogP contribution in [-0.4, -0.2) is 42.7 Å². The van der Waals surface area contributed by atoms with E-state index >= 15 is 0 Å². The summed E-state index contributed by atoms with van der Waals surface area (Å²) >= 11 is 5.86. The molecule has 0 aliphatic carbocycles. The van der Waals surface area contributed by atoms with Gasteiger partial charge in [-0.3, -0.25) is 4.79 Å². The molecule has 1 aliphatic rings. The van der Waals surface area contributed by atoms with Crippen LogP contribution in [0.4, 0.5) is 0 Å². The second kappa shape index (κ2) is 5.26. The van der Waals surface area contributed by atoms with Gasteiger partial charge in [-0.2, -0.15) is 0 Å². The molecule has 2 rings (SSSR count). The molecule has 0 bridgehead atoms. The van der Waals surface area contributed by atoms with E-state index < -0.39 is 5.97 Å². The standard InChI is InChI=1S/C13H16ClNO3/c1-15(7-6-12(16)17)8-13(9-18-13)10-2-4-11(14)5-3-10/h2-5H,6-9H2,1H3,(H,16,17). The lowest BCUT2D eigenvalue weighted by Gasteiger charge is -2.21. The number of aliphatic carboxylic acids is 1. The van der Waals surface area contributed by atoms with Crippen molar-refractivity contribution < 1.29 is 14.6 Å². The molecule has 0 saturated carbocycles. The van der Waals surface area contributed by atoms with E-state index in [2.05, 4.69) is 0 Å². The highest BCUT2D eigenvalue weighted by molar-refractivity contribution is 6.30. The molecule has 1 saturated heterocycles. The average molecular weight is 270 g/mol. The fourth-order valence-electron chi connectivity index (χ4n) is 1.99. The molecule has 1 unspecified atom stereocenters. The van der Waals surface area contributed by atoms with E-state index in [0.29, 0.717) is 24.7 Å². The number of carboxylic acid groups (broad SMARTS) is 1. The number of carboxylic acids is 1. The van der Waals surface area contributed by atoms with Gasteiger partial charge in [0.2, 0.25) is 0 Å². The van der Waals surface area contributed by atoms with Gasteiger partial charge >= 0.3 is 5.97 Å². The molecule has 0 radical (unpaired) electrons.